The monoisotopic (exact) mass is 263 g/mol. The highest BCUT2D eigenvalue weighted by molar-refractivity contribution is 7.93. The van der Waals surface area contributed by atoms with Gasteiger partial charge in [0.05, 0.1) is 0 Å². The topological polar surface area (TPSA) is 54.5 Å². The third-order valence-corrected chi connectivity index (χ3v) is 6.26. The molecule has 0 fully saturated rings. The standard InChI is InChI=1S/C12H25NO3S/c1-6-12(7-2,17(15,16)10-5)11(14)13(8-3)9-4/h6-10H2,1-5H3. The van der Waals surface area contributed by atoms with Crippen molar-refractivity contribution in [3.05, 3.63) is 0 Å². The summed E-state index contributed by atoms with van der Waals surface area (Å²) in [5.41, 5.74) is 0. The summed E-state index contributed by atoms with van der Waals surface area (Å²) in [5.74, 6) is -0.226. The van der Waals surface area contributed by atoms with Gasteiger partial charge in [-0.1, -0.05) is 20.8 Å². The largest absolute Gasteiger partial charge is 0.342 e. The second-order valence-corrected chi connectivity index (χ2v) is 6.67. The van der Waals surface area contributed by atoms with E-state index in [1.807, 2.05) is 13.8 Å². The van der Waals surface area contributed by atoms with Crippen LogP contribution >= 0.6 is 0 Å². The highest BCUT2D eigenvalue weighted by Gasteiger charge is 2.47. The van der Waals surface area contributed by atoms with Gasteiger partial charge in [0, 0.05) is 18.8 Å². The second-order valence-electron chi connectivity index (χ2n) is 4.08. The molecule has 0 spiro atoms. The molecule has 0 radical (unpaired) electrons. The number of carbonyl (C=O) groups excluding carboxylic acids is 1. The molecular weight excluding hydrogens is 238 g/mol. The SMILES string of the molecule is CCN(CC)C(=O)C(CC)(CC)S(=O)(=O)CC. The zero-order valence-corrected chi connectivity index (χ0v) is 12.4. The molecule has 0 saturated carbocycles. The fraction of sp³-hybridized carbons (Fsp3) is 0.917. The fourth-order valence-corrected chi connectivity index (χ4v) is 4.03. The van der Waals surface area contributed by atoms with Crippen molar-refractivity contribution < 1.29 is 13.2 Å². The van der Waals surface area contributed by atoms with Crippen molar-refractivity contribution in [2.24, 2.45) is 0 Å². The minimum Gasteiger partial charge on any atom is -0.342 e. The minimum atomic E-state index is -3.38. The molecule has 0 heterocycles. The van der Waals surface area contributed by atoms with Crippen LogP contribution in [-0.4, -0.2) is 42.8 Å². The van der Waals surface area contributed by atoms with Gasteiger partial charge in [-0.2, -0.15) is 0 Å². The van der Waals surface area contributed by atoms with E-state index < -0.39 is 14.6 Å². The van der Waals surface area contributed by atoms with Crippen LogP contribution in [0.2, 0.25) is 0 Å². The van der Waals surface area contributed by atoms with Gasteiger partial charge in [-0.05, 0) is 26.7 Å². The number of carbonyl (C=O) groups is 1. The van der Waals surface area contributed by atoms with E-state index in [9.17, 15) is 13.2 Å². The van der Waals surface area contributed by atoms with Crippen LogP contribution < -0.4 is 0 Å². The zero-order chi connectivity index (χ0) is 13.7. The predicted octanol–water partition coefficient (Wildman–Crippen LogP) is 1.85. The van der Waals surface area contributed by atoms with E-state index in [1.54, 1.807) is 25.7 Å². The zero-order valence-electron chi connectivity index (χ0n) is 11.6. The molecule has 0 N–H and O–H groups in total. The van der Waals surface area contributed by atoms with Gasteiger partial charge in [-0.3, -0.25) is 4.79 Å². The number of hydrogen-bond donors (Lipinski definition) is 0. The molecule has 4 nitrogen and oxygen atoms in total. The van der Waals surface area contributed by atoms with E-state index in [2.05, 4.69) is 0 Å². The van der Waals surface area contributed by atoms with Gasteiger partial charge in [-0.15, -0.1) is 0 Å². The molecule has 5 heteroatoms. The molecule has 17 heavy (non-hydrogen) atoms. The van der Waals surface area contributed by atoms with Crippen molar-refractivity contribution >= 4 is 15.7 Å². The van der Waals surface area contributed by atoms with Gasteiger partial charge in [0.15, 0.2) is 9.84 Å². The van der Waals surface area contributed by atoms with Crippen LogP contribution in [0.3, 0.4) is 0 Å². The normalized spacial score (nSPS) is 12.5. The van der Waals surface area contributed by atoms with E-state index in [0.717, 1.165) is 0 Å². The van der Waals surface area contributed by atoms with Crippen molar-refractivity contribution in [2.45, 2.75) is 52.2 Å². The first-order valence-corrected chi connectivity index (χ1v) is 8.03. The fourth-order valence-electron chi connectivity index (χ4n) is 2.20. The number of sulfone groups is 1. The Bertz CT molecular complexity index is 341. The molecule has 0 aromatic carbocycles. The van der Waals surface area contributed by atoms with Crippen LogP contribution in [0.5, 0.6) is 0 Å². The number of amides is 1. The Morgan fingerprint density at radius 3 is 1.65 bits per heavy atom. The number of rotatable bonds is 7. The first-order valence-electron chi connectivity index (χ1n) is 6.38. The highest BCUT2D eigenvalue weighted by atomic mass is 32.2. The van der Waals surface area contributed by atoms with E-state index in [4.69, 9.17) is 0 Å². The molecule has 0 aliphatic carbocycles. The maximum atomic E-state index is 12.4. The van der Waals surface area contributed by atoms with Crippen molar-refractivity contribution in [3.8, 4) is 0 Å². The van der Waals surface area contributed by atoms with Gasteiger partial charge < -0.3 is 4.90 Å². The lowest BCUT2D eigenvalue weighted by atomic mass is 10.0. The molecule has 0 aliphatic rings. The smallest absolute Gasteiger partial charge is 0.243 e. The third-order valence-electron chi connectivity index (χ3n) is 3.56. The number of nitrogens with zero attached hydrogens (tertiary/aromatic N) is 1. The van der Waals surface area contributed by atoms with Crippen LogP contribution in [0, 0.1) is 0 Å². The molecule has 0 unspecified atom stereocenters. The van der Waals surface area contributed by atoms with Crippen LogP contribution in [0.4, 0.5) is 0 Å². The average Bonchev–Trinajstić information content (AvgIpc) is 2.32. The van der Waals surface area contributed by atoms with Crippen molar-refractivity contribution in [1.82, 2.24) is 4.90 Å². The number of hydrogen-bond acceptors (Lipinski definition) is 3. The van der Waals surface area contributed by atoms with E-state index in [0.29, 0.717) is 25.9 Å². The molecular formula is C12H25NO3S. The molecule has 0 aliphatic heterocycles. The lowest BCUT2D eigenvalue weighted by Crippen LogP contribution is -2.53. The summed E-state index contributed by atoms with van der Waals surface area (Å²) in [6.45, 7) is 10.00. The first-order chi connectivity index (χ1) is 7.86. The first kappa shape index (κ1) is 16.4. The lowest BCUT2D eigenvalue weighted by molar-refractivity contribution is -0.133. The lowest BCUT2D eigenvalue weighted by Gasteiger charge is -2.34. The van der Waals surface area contributed by atoms with Gasteiger partial charge in [-0.25, -0.2) is 8.42 Å². The van der Waals surface area contributed by atoms with E-state index in [1.165, 1.54) is 0 Å². The highest BCUT2D eigenvalue weighted by Crippen LogP contribution is 2.29. The molecule has 0 bridgehead atoms. The maximum absolute atomic E-state index is 12.4. The van der Waals surface area contributed by atoms with Crippen LogP contribution in [0.15, 0.2) is 0 Å². The Morgan fingerprint density at radius 2 is 1.41 bits per heavy atom. The van der Waals surface area contributed by atoms with Crippen molar-refractivity contribution in [1.29, 1.82) is 0 Å². The average molecular weight is 263 g/mol. The summed E-state index contributed by atoms with van der Waals surface area (Å²) < 4.78 is 23.2. The molecule has 0 atom stereocenters. The van der Waals surface area contributed by atoms with Crippen LogP contribution in [-0.2, 0) is 14.6 Å². The summed E-state index contributed by atoms with van der Waals surface area (Å²) in [6.07, 6.45) is 0.685. The van der Waals surface area contributed by atoms with Gasteiger partial charge in [0.1, 0.15) is 4.75 Å². The Labute approximate surface area is 105 Å². The molecule has 0 saturated heterocycles. The quantitative estimate of drug-likeness (QED) is 0.704. The minimum absolute atomic E-state index is 0.0156. The summed E-state index contributed by atoms with van der Waals surface area (Å²) in [4.78, 5) is 14.1. The van der Waals surface area contributed by atoms with Crippen LogP contribution in [0.1, 0.15) is 47.5 Å². The third kappa shape index (κ3) is 2.81. The van der Waals surface area contributed by atoms with Crippen molar-refractivity contribution in [3.63, 3.8) is 0 Å². The molecule has 0 aromatic heterocycles. The maximum Gasteiger partial charge on any atom is 0.243 e. The Morgan fingerprint density at radius 1 is 1.00 bits per heavy atom. The predicted molar refractivity (Wildman–Crippen MR) is 70.7 cm³/mol. The van der Waals surface area contributed by atoms with Gasteiger partial charge in [0.2, 0.25) is 5.91 Å². The van der Waals surface area contributed by atoms with Gasteiger partial charge >= 0.3 is 0 Å². The molecule has 0 aromatic rings. The molecule has 0 rings (SSSR count). The van der Waals surface area contributed by atoms with Crippen molar-refractivity contribution in [2.75, 3.05) is 18.8 Å². The Balaban J connectivity index is 5.58. The Kier molecular flexibility index (Phi) is 6.16. The Hall–Kier alpha value is -0.580. The van der Waals surface area contributed by atoms with E-state index in [-0.39, 0.29) is 11.7 Å². The van der Waals surface area contributed by atoms with E-state index >= 15 is 0 Å². The second kappa shape index (κ2) is 6.38. The molecule has 1 amide bonds. The summed E-state index contributed by atoms with van der Waals surface area (Å²) in [6, 6.07) is 0. The van der Waals surface area contributed by atoms with Gasteiger partial charge in [0.25, 0.3) is 0 Å². The summed E-state index contributed by atoms with van der Waals surface area (Å²) in [7, 11) is -3.38. The van der Waals surface area contributed by atoms with Crippen LogP contribution in [0.25, 0.3) is 0 Å². The molecule has 102 valence electrons. The summed E-state index contributed by atoms with van der Waals surface area (Å²) in [5, 5.41) is 0. The summed E-state index contributed by atoms with van der Waals surface area (Å²) >= 11 is 0.